The van der Waals surface area contributed by atoms with Crippen LogP contribution in [-0.4, -0.2) is 50.1 Å². The Balaban J connectivity index is 1.33. The summed E-state index contributed by atoms with van der Waals surface area (Å²) in [5.74, 6) is 1.69. The summed E-state index contributed by atoms with van der Waals surface area (Å²) in [7, 11) is 0. The van der Waals surface area contributed by atoms with Crippen LogP contribution in [0, 0.1) is 0 Å². The third-order valence-corrected chi connectivity index (χ3v) is 7.26. The average Bonchev–Trinajstić information content (AvgIpc) is 3.31. The number of carbonyl (C=O) groups is 1. The lowest BCUT2D eigenvalue weighted by Gasteiger charge is -2.26. The minimum absolute atomic E-state index is 0.165. The molecule has 0 amide bonds. The maximum atomic E-state index is 13.6. The van der Waals surface area contributed by atoms with Crippen LogP contribution in [0.15, 0.2) is 81.9 Å². The molecule has 0 saturated carbocycles. The van der Waals surface area contributed by atoms with Crippen molar-refractivity contribution in [2.75, 3.05) is 39.5 Å². The van der Waals surface area contributed by atoms with E-state index in [9.17, 15) is 4.79 Å². The molecule has 3 aromatic carbocycles. The van der Waals surface area contributed by atoms with Gasteiger partial charge in [-0.25, -0.2) is 0 Å². The fourth-order valence-electron chi connectivity index (χ4n) is 4.75. The van der Waals surface area contributed by atoms with Gasteiger partial charge < -0.3 is 18.6 Å². The fraction of sp³-hybridized carbons (Fsp3) is 0.233. The monoisotopic (exact) mass is 559 g/mol. The number of morpholine rings is 1. The second-order valence-corrected chi connectivity index (χ2v) is 10.0. The first-order chi connectivity index (χ1) is 18.2. The summed E-state index contributed by atoms with van der Waals surface area (Å²) in [6.45, 7) is 4.91. The molecule has 2 aliphatic heterocycles. The van der Waals surface area contributed by atoms with Crippen LogP contribution in [-0.2, 0) is 11.2 Å². The molecule has 7 heteroatoms. The fourth-order valence-corrected chi connectivity index (χ4v) is 5.01. The lowest BCUT2D eigenvalue weighted by Crippen LogP contribution is -2.38. The van der Waals surface area contributed by atoms with Gasteiger partial charge in [0.1, 0.15) is 23.7 Å². The van der Waals surface area contributed by atoms with Crippen LogP contribution >= 0.6 is 15.9 Å². The maximum absolute atomic E-state index is 13.6. The van der Waals surface area contributed by atoms with Crippen molar-refractivity contribution >= 4 is 32.7 Å². The van der Waals surface area contributed by atoms with Crippen molar-refractivity contribution in [1.29, 1.82) is 0 Å². The van der Waals surface area contributed by atoms with Crippen molar-refractivity contribution in [3.63, 3.8) is 0 Å². The number of hydrogen-bond acceptors (Lipinski definition) is 6. The molecule has 1 saturated heterocycles. The first-order valence-electron chi connectivity index (χ1n) is 12.4. The van der Waals surface area contributed by atoms with Crippen molar-refractivity contribution in [2.45, 2.75) is 6.42 Å². The van der Waals surface area contributed by atoms with Gasteiger partial charge in [0.15, 0.2) is 5.76 Å². The van der Waals surface area contributed by atoms with E-state index in [1.54, 1.807) is 18.4 Å². The predicted molar refractivity (Wildman–Crippen MR) is 145 cm³/mol. The van der Waals surface area contributed by atoms with Gasteiger partial charge in [0, 0.05) is 46.7 Å². The number of benzene rings is 3. The highest BCUT2D eigenvalue weighted by Gasteiger charge is 2.25. The highest BCUT2D eigenvalue weighted by Crippen LogP contribution is 2.40. The van der Waals surface area contributed by atoms with E-state index in [2.05, 4.69) is 26.9 Å². The molecule has 0 aliphatic carbocycles. The molecular formula is C30H26BrNO5. The van der Waals surface area contributed by atoms with Gasteiger partial charge in [-0.05, 0) is 66.1 Å². The Morgan fingerprint density at radius 2 is 1.78 bits per heavy atom. The largest absolute Gasteiger partial charge is 0.492 e. The van der Waals surface area contributed by atoms with Crippen LogP contribution in [0.2, 0.25) is 0 Å². The molecule has 1 fully saturated rings. The molecule has 6 nitrogen and oxygen atoms in total. The highest BCUT2D eigenvalue weighted by atomic mass is 79.9. The average molecular weight is 560 g/mol. The van der Waals surface area contributed by atoms with E-state index >= 15 is 0 Å². The summed E-state index contributed by atoms with van der Waals surface area (Å²) in [5, 5.41) is 0.888. The molecule has 0 unspecified atom stereocenters. The van der Waals surface area contributed by atoms with Gasteiger partial charge in [-0.1, -0.05) is 28.1 Å². The van der Waals surface area contributed by atoms with E-state index in [1.165, 1.54) is 0 Å². The first kappa shape index (κ1) is 24.0. The Morgan fingerprint density at radius 1 is 1.00 bits per heavy atom. The Hall–Kier alpha value is -3.39. The van der Waals surface area contributed by atoms with Gasteiger partial charge in [0.2, 0.25) is 5.78 Å². The van der Waals surface area contributed by atoms with E-state index in [1.807, 2.05) is 48.5 Å². The predicted octanol–water partition coefficient (Wildman–Crippen LogP) is 6.25. The van der Waals surface area contributed by atoms with Gasteiger partial charge in [-0.2, -0.15) is 0 Å². The summed E-state index contributed by atoms with van der Waals surface area (Å²) in [4.78, 5) is 16.0. The lowest BCUT2D eigenvalue weighted by atomic mass is 9.96. The molecule has 3 heterocycles. The van der Waals surface area contributed by atoms with Crippen molar-refractivity contribution in [2.24, 2.45) is 0 Å². The number of nitrogens with zero attached hydrogens (tertiary/aromatic N) is 1. The number of hydrogen-bond donors (Lipinski definition) is 0. The molecule has 2 aliphatic rings. The second kappa shape index (κ2) is 10.5. The molecule has 0 N–H and O–H groups in total. The first-order valence-corrected chi connectivity index (χ1v) is 13.2. The Morgan fingerprint density at radius 3 is 2.57 bits per heavy atom. The molecule has 0 atom stereocenters. The number of ether oxygens (including phenoxy) is 3. The Bertz CT molecular complexity index is 1450. The number of carbonyl (C=O) groups excluding carboxylic acids is 1. The van der Waals surface area contributed by atoms with Gasteiger partial charge in [-0.3, -0.25) is 9.69 Å². The van der Waals surface area contributed by atoms with Crippen LogP contribution in [0.5, 0.6) is 11.5 Å². The molecule has 37 heavy (non-hydrogen) atoms. The van der Waals surface area contributed by atoms with Crippen LogP contribution in [0.25, 0.3) is 22.1 Å². The molecular weight excluding hydrogens is 534 g/mol. The Kier molecular flexibility index (Phi) is 6.83. The normalized spacial score (nSPS) is 15.4. The number of ketones is 1. The van der Waals surface area contributed by atoms with E-state index < -0.39 is 0 Å². The third-order valence-electron chi connectivity index (χ3n) is 6.74. The zero-order valence-corrected chi connectivity index (χ0v) is 21.8. The van der Waals surface area contributed by atoms with E-state index in [0.29, 0.717) is 23.5 Å². The standard InChI is InChI=1S/C30H26BrNO5/c31-23-7-3-21(4-8-23)29(33)30-28(25-18-22-2-1-14-36-26(22)19-27(25)37-30)20-5-9-24(10-6-20)35-17-13-32-11-15-34-16-12-32/h1,3-10,14,18-19H,2,11-13,15-17H2. The van der Waals surface area contributed by atoms with Crippen LogP contribution in [0.1, 0.15) is 21.7 Å². The Labute approximate surface area is 223 Å². The van der Waals surface area contributed by atoms with Crippen molar-refractivity contribution in [3.8, 4) is 22.6 Å². The van der Waals surface area contributed by atoms with Crippen LogP contribution in [0.4, 0.5) is 0 Å². The van der Waals surface area contributed by atoms with Crippen molar-refractivity contribution in [3.05, 3.63) is 94.4 Å². The quantitative estimate of drug-likeness (QED) is 0.249. The SMILES string of the molecule is O=C(c1ccc(Br)cc1)c1oc2cc3c(cc2c1-c1ccc(OCCN2CCOCC2)cc1)CC=CO3. The number of fused-ring (bicyclic) bond motifs is 2. The molecule has 0 spiro atoms. The number of halogens is 1. The summed E-state index contributed by atoms with van der Waals surface area (Å²) in [5.41, 5.74) is 3.92. The maximum Gasteiger partial charge on any atom is 0.228 e. The molecule has 0 bridgehead atoms. The molecule has 6 rings (SSSR count). The topological polar surface area (TPSA) is 61.1 Å². The zero-order valence-electron chi connectivity index (χ0n) is 20.2. The summed E-state index contributed by atoms with van der Waals surface area (Å²) in [6.07, 6.45) is 4.43. The van der Waals surface area contributed by atoms with Crippen molar-refractivity contribution < 1.29 is 23.4 Å². The third kappa shape index (κ3) is 5.07. The highest BCUT2D eigenvalue weighted by molar-refractivity contribution is 9.10. The lowest BCUT2D eigenvalue weighted by molar-refractivity contribution is 0.0322. The van der Waals surface area contributed by atoms with Gasteiger partial charge in [0.05, 0.1) is 19.5 Å². The minimum atomic E-state index is -0.165. The molecule has 4 aromatic rings. The molecule has 1 aromatic heterocycles. The molecule has 0 radical (unpaired) electrons. The second-order valence-electron chi connectivity index (χ2n) is 9.12. The smallest absolute Gasteiger partial charge is 0.228 e. The van der Waals surface area contributed by atoms with Crippen LogP contribution in [0.3, 0.4) is 0 Å². The van der Waals surface area contributed by atoms with Gasteiger partial charge in [-0.15, -0.1) is 0 Å². The summed E-state index contributed by atoms with van der Waals surface area (Å²) in [6, 6.07) is 19.1. The van der Waals surface area contributed by atoms with E-state index in [4.69, 9.17) is 18.6 Å². The van der Waals surface area contributed by atoms with Crippen molar-refractivity contribution in [1.82, 2.24) is 4.90 Å². The zero-order chi connectivity index (χ0) is 25.2. The summed E-state index contributed by atoms with van der Waals surface area (Å²) >= 11 is 3.44. The van der Waals surface area contributed by atoms with E-state index in [-0.39, 0.29) is 5.78 Å². The number of allylic oxidation sites excluding steroid dienone is 1. The summed E-state index contributed by atoms with van der Waals surface area (Å²) < 4.78 is 24.2. The van der Waals surface area contributed by atoms with Crippen LogP contribution < -0.4 is 9.47 Å². The van der Waals surface area contributed by atoms with E-state index in [0.717, 1.165) is 77.3 Å². The number of furan rings is 1. The molecule has 188 valence electrons. The van der Waals surface area contributed by atoms with Gasteiger partial charge >= 0.3 is 0 Å². The number of rotatable bonds is 7. The minimum Gasteiger partial charge on any atom is -0.492 e. The van der Waals surface area contributed by atoms with Gasteiger partial charge in [0.25, 0.3) is 0 Å².